The van der Waals surface area contributed by atoms with Gasteiger partial charge in [0.05, 0.1) is 0 Å². The molecule has 0 radical (unpaired) electrons. The Kier molecular flexibility index (Phi) is 4.68. The van der Waals surface area contributed by atoms with Crippen LogP contribution < -0.4 is 5.32 Å². The molecule has 4 nitrogen and oxygen atoms in total. The number of hydrogen-bond acceptors (Lipinski definition) is 2. The van der Waals surface area contributed by atoms with Crippen LogP contribution in [0.1, 0.15) is 71.9 Å². The molecule has 4 heteroatoms. The lowest BCUT2D eigenvalue weighted by atomic mass is 9.65. The third-order valence-corrected chi connectivity index (χ3v) is 8.19. The molecule has 0 aromatic heterocycles. The molecule has 1 heterocycles. The second-order valence-electron chi connectivity index (χ2n) is 11.8. The Balaban J connectivity index is 1.20. The van der Waals surface area contributed by atoms with Crippen molar-refractivity contribution in [2.75, 3.05) is 11.9 Å². The second kappa shape index (κ2) is 7.43. The normalized spacial score (nSPS) is 24.4. The summed E-state index contributed by atoms with van der Waals surface area (Å²) in [4.78, 5) is 28.6. The van der Waals surface area contributed by atoms with E-state index in [0.29, 0.717) is 22.9 Å². The van der Waals surface area contributed by atoms with E-state index in [1.54, 1.807) is 0 Å². The summed E-state index contributed by atoms with van der Waals surface area (Å²) < 4.78 is 0. The molecule has 6 rings (SSSR count). The molecule has 3 aliphatic rings. The van der Waals surface area contributed by atoms with E-state index >= 15 is 0 Å². The lowest BCUT2D eigenvalue weighted by Gasteiger charge is -2.39. The van der Waals surface area contributed by atoms with Gasteiger partial charge in [0.15, 0.2) is 0 Å². The zero-order chi connectivity index (χ0) is 23.7. The van der Waals surface area contributed by atoms with Crippen molar-refractivity contribution in [3.05, 3.63) is 76.9 Å². The molecule has 3 aromatic carbocycles. The molecule has 1 saturated heterocycles. The van der Waals surface area contributed by atoms with Gasteiger partial charge in [0.2, 0.25) is 0 Å². The molecule has 34 heavy (non-hydrogen) atoms. The molecule has 2 aliphatic carbocycles. The van der Waals surface area contributed by atoms with Gasteiger partial charge >= 0.3 is 0 Å². The molecular formula is C30H32N2O2. The maximum atomic E-state index is 13.4. The SMILES string of the molecule is CC1(C)C[C@H]2C[C@@](C)(CN2C(=O)c2ccc(NC(=O)c3ccc4c5c(cccc35)CC4)cc2)C1. The molecule has 2 amide bonds. The third-order valence-electron chi connectivity index (χ3n) is 8.19. The van der Waals surface area contributed by atoms with Crippen LogP contribution >= 0.6 is 0 Å². The summed E-state index contributed by atoms with van der Waals surface area (Å²) in [5, 5.41) is 5.30. The Morgan fingerprint density at radius 2 is 1.65 bits per heavy atom. The van der Waals surface area contributed by atoms with E-state index < -0.39 is 0 Å². The van der Waals surface area contributed by atoms with Crippen molar-refractivity contribution in [3.8, 4) is 0 Å². The van der Waals surface area contributed by atoms with Gasteiger partial charge in [0, 0.05) is 29.4 Å². The fourth-order valence-electron chi connectivity index (χ4n) is 7.20. The van der Waals surface area contributed by atoms with Crippen LogP contribution in [0.5, 0.6) is 0 Å². The smallest absolute Gasteiger partial charge is 0.256 e. The van der Waals surface area contributed by atoms with Crippen LogP contribution in [-0.4, -0.2) is 29.3 Å². The van der Waals surface area contributed by atoms with Gasteiger partial charge in [0.1, 0.15) is 0 Å². The Morgan fingerprint density at radius 3 is 2.41 bits per heavy atom. The quantitative estimate of drug-likeness (QED) is 0.512. The molecule has 2 fully saturated rings. The number of rotatable bonds is 3. The zero-order valence-corrected chi connectivity index (χ0v) is 20.3. The van der Waals surface area contributed by atoms with Crippen LogP contribution in [0.4, 0.5) is 5.69 Å². The third kappa shape index (κ3) is 3.51. The lowest BCUT2D eigenvalue weighted by Crippen LogP contribution is -2.37. The minimum Gasteiger partial charge on any atom is -0.335 e. The molecule has 2 atom stereocenters. The van der Waals surface area contributed by atoms with Gasteiger partial charge in [0.25, 0.3) is 11.8 Å². The molecule has 0 unspecified atom stereocenters. The fraction of sp³-hybridized carbons (Fsp3) is 0.400. The molecular weight excluding hydrogens is 420 g/mol. The van der Waals surface area contributed by atoms with E-state index in [-0.39, 0.29) is 22.6 Å². The number of likely N-dealkylation sites (tertiary alicyclic amines) is 1. The number of carbonyl (C=O) groups is 2. The average Bonchev–Trinajstić information content (AvgIpc) is 3.32. The molecule has 0 spiro atoms. The molecule has 3 aromatic rings. The first-order chi connectivity index (χ1) is 16.2. The molecule has 174 valence electrons. The number of hydrogen-bond donors (Lipinski definition) is 1. The van der Waals surface area contributed by atoms with E-state index in [1.165, 1.54) is 22.9 Å². The molecule has 2 bridgehead atoms. The summed E-state index contributed by atoms with van der Waals surface area (Å²) in [5.74, 6) is -0.00465. The Bertz CT molecular complexity index is 1310. The van der Waals surface area contributed by atoms with E-state index in [1.807, 2.05) is 42.5 Å². The van der Waals surface area contributed by atoms with Crippen molar-refractivity contribution in [1.82, 2.24) is 4.90 Å². The average molecular weight is 453 g/mol. The number of anilines is 1. The predicted molar refractivity (Wildman–Crippen MR) is 136 cm³/mol. The fourth-order valence-corrected chi connectivity index (χ4v) is 7.20. The molecule has 1 saturated carbocycles. The zero-order valence-electron chi connectivity index (χ0n) is 20.3. The topological polar surface area (TPSA) is 49.4 Å². The first-order valence-corrected chi connectivity index (χ1v) is 12.5. The van der Waals surface area contributed by atoms with Crippen molar-refractivity contribution in [1.29, 1.82) is 0 Å². The number of amides is 2. The summed E-state index contributed by atoms with van der Waals surface area (Å²) in [6.45, 7) is 7.81. The monoisotopic (exact) mass is 452 g/mol. The number of fused-ring (bicyclic) bond motifs is 2. The highest BCUT2D eigenvalue weighted by atomic mass is 16.2. The highest BCUT2D eigenvalue weighted by Gasteiger charge is 2.51. The van der Waals surface area contributed by atoms with Gasteiger partial charge in [-0.2, -0.15) is 0 Å². The highest BCUT2D eigenvalue weighted by Crippen LogP contribution is 2.52. The van der Waals surface area contributed by atoms with Crippen molar-refractivity contribution in [2.45, 2.75) is 58.9 Å². The van der Waals surface area contributed by atoms with Crippen LogP contribution in [-0.2, 0) is 12.8 Å². The summed E-state index contributed by atoms with van der Waals surface area (Å²) in [7, 11) is 0. The predicted octanol–water partition coefficient (Wildman–Crippen LogP) is 6.23. The van der Waals surface area contributed by atoms with E-state index in [0.717, 1.165) is 37.6 Å². The number of carbonyl (C=O) groups excluding carboxylic acids is 2. The van der Waals surface area contributed by atoms with Gasteiger partial charge in [-0.25, -0.2) is 0 Å². The van der Waals surface area contributed by atoms with Gasteiger partial charge in [-0.05, 0) is 95.2 Å². The minimum atomic E-state index is -0.113. The first kappa shape index (κ1) is 21.4. The van der Waals surface area contributed by atoms with E-state index in [9.17, 15) is 9.59 Å². The maximum Gasteiger partial charge on any atom is 0.256 e. The van der Waals surface area contributed by atoms with Crippen LogP contribution in [0.3, 0.4) is 0 Å². The number of nitrogens with one attached hydrogen (secondary N) is 1. The van der Waals surface area contributed by atoms with Crippen LogP contribution in [0.15, 0.2) is 54.6 Å². The van der Waals surface area contributed by atoms with Crippen LogP contribution in [0.25, 0.3) is 10.8 Å². The molecule has 1 aliphatic heterocycles. The van der Waals surface area contributed by atoms with Gasteiger partial charge in [-0.1, -0.05) is 45.0 Å². The number of nitrogens with zero attached hydrogens (tertiary/aromatic N) is 1. The highest BCUT2D eigenvalue weighted by molar-refractivity contribution is 6.14. The van der Waals surface area contributed by atoms with Crippen LogP contribution in [0, 0.1) is 10.8 Å². The standard InChI is InChI=1S/C30H32N2O2/c1-29(2)15-23-16-30(3,17-29)18-32(23)28(34)21-9-12-22(13-10-21)31-27(33)25-14-11-20-8-7-19-5-4-6-24(25)26(19)20/h4-6,9-14,23H,7-8,15-18H2,1-3H3,(H,31,33)/t23-,30+/m0/s1. The minimum absolute atomic E-state index is 0.108. The summed E-state index contributed by atoms with van der Waals surface area (Å²) in [6, 6.07) is 18.0. The summed E-state index contributed by atoms with van der Waals surface area (Å²) in [5.41, 5.74) is 5.25. The van der Waals surface area contributed by atoms with E-state index in [2.05, 4.69) is 43.1 Å². The largest absolute Gasteiger partial charge is 0.335 e. The van der Waals surface area contributed by atoms with Crippen molar-refractivity contribution >= 4 is 28.3 Å². The second-order valence-corrected chi connectivity index (χ2v) is 11.8. The Hall–Kier alpha value is -3.14. The van der Waals surface area contributed by atoms with Gasteiger partial charge < -0.3 is 10.2 Å². The van der Waals surface area contributed by atoms with E-state index in [4.69, 9.17) is 0 Å². The van der Waals surface area contributed by atoms with Crippen molar-refractivity contribution < 1.29 is 9.59 Å². The van der Waals surface area contributed by atoms with Gasteiger partial charge in [-0.3, -0.25) is 9.59 Å². The first-order valence-electron chi connectivity index (χ1n) is 12.5. The summed E-state index contributed by atoms with van der Waals surface area (Å²) >= 11 is 0. The van der Waals surface area contributed by atoms with Gasteiger partial charge in [-0.15, -0.1) is 0 Å². The lowest BCUT2D eigenvalue weighted by molar-refractivity contribution is 0.0708. The van der Waals surface area contributed by atoms with Crippen molar-refractivity contribution in [2.24, 2.45) is 10.8 Å². The molecule has 1 N–H and O–H groups in total. The number of benzene rings is 3. The maximum absolute atomic E-state index is 13.4. The summed E-state index contributed by atoms with van der Waals surface area (Å²) in [6.07, 6.45) is 5.42. The van der Waals surface area contributed by atoms with Crippen LogP contribution in [0.2, 0.25) is 0 Å². The Labute approximate surface area is 201 Å². The Morgan fingerprint density at radius 1 is 0.912 bits per heavy atom. The number of aryl methyl sites for hydroxylation is 2. The van der Waals surface area contributed by atoms with Crippen molar-refractivity contribution in [3.63, 3.8) is 0 Å².